The van der Waals surface area contributed by atoms with Gasteiger partial charge in [0.25, 0.3) is 5.91 Å². The highest BCUT2D eigenvalue weighted by molar-refractivity contribution is 5.92. The number of hydrogen-bond donors (Lipinski definition) is 1. The third-order valence-electron chi connectivity index (χ3n) is 2.32. The molecule has 0 spiro atoms. The van der Waals surface area contributed by atoms with Gasteiger partial charge in [0.1, 0.15) is 6.61 Å². The Morgan fingerprint density at radius 2 is 1.90 bits per heavy atom. The molecule has 3 amide bonds. The zero-order chi connectivity index (χ0) is 15.7. The molecule has 0 aliphatic rings. The molecule has 1 rings (SSSR count). The average Bonchev–Trinajstić information content (AvgIpc) is 2.44. The molecule has 0 aliphatic heterocycles. The lowest BCUT2D eigenvalue weighted by Gasteiger charge is -2.01. The third-order valence-corrected chi connectivity index (χ3v) is 2.32. The molecule has 0 heterocycles. The lowest BCUT2D eigenvalue weighted by atomic mass is 10.1. The van der Waals surface area contributed by atoms with E-state index in [4.69, 9.17) is 10.5 Å². The van der Waals surface area contributed by atoms with E-state index in [0.29, 0.717) is 0 Å². The summed E-state index contributed by atoms with van der Waals surface area (Å²) in [6.45, 7) is 1.77. The van der Waals surface area contributed by atoms with Gasteiger partial charge in [0.15, 0.2) is 0 Å². The van der Waals surface area contributed by atoms with E-state index in [1.54, 1.807) is 12.1 Å². The first-order valence-corrected chi connectivity index (χ1v) is 6.12. The topological polar surface area (TPSA) is 121 Å². The van der Waals surface area contributed by atoms with Gasteiger partial charge in [0.05, 0.1) is 13.1 Å². The number of carbonyl (C=O) groups excluding carboxylic acids is 3. The second kappa shape index (κ2) is 8.41. The van der Waals surface area contributed by atoms with Gasteiger partial charge in [-0.3, -0.25) is 15.3 Å². The summed E-state index contributed by atoms with van der Waals surface area (Å²) in [4.78, 5) is 32.5. The minimum atomic E-state index is -0.835. The molecule has 1 radical (unpaired) electrons. The summed E-state index contributed by atoms with van der Waals surface area (Å²) < 4.78 is 4.70. The van der Waals surface area contributed by atoms with E-state index in [2.05, 4.69) is 15.5 Å². The lowest BCUT2D eigenvalue weighted by Crippen LogP contribution is -2.24. The number of rotatable bonds is 6. The normalized spacial score (nSPS) is 10.3. The Morgan fingerprint density at radius 1 is 1.24 bits per heavy atom. The Balaban J connectivity index is 2.31. The van der Waals surface area contributed by atoms with Crippen LogP contribution in [-0.2, 0) is 16.1 Å². The fourth-order valence-electron chi connectivity index (χ4n) is 1.33. The molecule has 1 aromatic rings. The highest BCUT2D eigenvalue weighted by atomic mass is 16.5. The SMILES string of the molecule is CC(=O)NCCOC(=O)N=NCc1ccc(C([NH])=O)cc1. The van der Waals surface area contributed by atoms with Gasteiger partial charge in [0, 0.05) is 12.5 Å². The van der Waals surface area contributed by atoms with Crippen LogP contribution < -0.4 is 11.1 Å². The van der Waals surface area contributed by atoms with Crippen LogP contribution in [0.4, 0.5) is 4.79 Å². The van der Waals surface area contributed by atoms with Gasteiger partial charge in [0.2, 0.25) is 5.91 Å². The predicted octanol–water partition coefficient (Wildman–Crippen LogP) is 1.33. The first-order chi connectivity index (χ1) is 9.99. The van der Waals surface area contributed by atoms with Crippen molar-refractivity contribution in [3.05, 3.63) is 35.4 Å². The number of ether oxygens (including phenoxy) is 1. The standard InChI is InChI=1S/C13H15N4O4/c1-9(18)15-6-7-21-13(20)17-16-8-10-2-4-11(5-3-10)12(14)19/h2-5,14H,6-8H2,1H3,(H,15,18). The Hall–Kier alpha value is -2.77. The summed E-state index contributed by atoms with van der Waals surface area (Å²) in [5.74, 6) is -0.965. The second-order valence-electron chi connectivity index (χ2n) is 4.02. The van der Waals surface area contributed by atoms with Crippen LogP contribution in [0.25, 0.3) is 0 Å². The number of benzene rings is 1. The molecule has 0 atom stereocenters. The fraction of sp³-hybridized carbons (Fsp3) is 0.308. The number of nitrogens with zero attached hydrogens (tertiary/aromatic N) is 2. The van der Waals surface area contributed by atoms with Crippen molar-refractivity contribution in [2.75, 3.05) is 13.2 Å². The minimum absolute atomic E-state index is 0.0255. The number of hydrogen-bond acceptors (Lipinski definition) is 5. The van der Waals surface area contributed by atoms with E-state index in [1.165, 1.54) is 19.1 Å². The summed E-state index contributed by atoms with van der Waals surface area (Å²) in [5, 5.41) is 9.47. The zero-order valence-electron chi connectivity index (χ0n) is 11.5. The molecule has 21 heavy (non-hydrogen) atoms. The summed E-state index contributed by atoms with van der Waals surface area (Å²) in [6.07, 6.45) is -0.835. The molecular weight excluding hydrogens is 276 g/mol. The van der Waals surface area contributed by atoms with Crippen molar-refractivity contribution in [2.24, 2.45) is 10.2 Å². The third kappa shape index (κ3) is 6.81. The van der Waals surface area contributed by atoms with E-state index in [9.17, 15) is 14.4 Å². The van der Waals surface area contributed by atoms with E-state index >= 15 is 0 Å². The Kier molecular flexibility index (Phi) is 6.52. The van der Waals surface area contributed by atoms with Crippen molar-refractivity contribution >= 4 is 17.9 Å². The van der Waals surface area contributed by atoms with Crippen LogP contribution in [0.3, 0.4) is 0 Å². The van der Waals surface area contributed by atoms with Crippen LogP contribution >= 0.6 is 0 Å². The maximum absolute atomic E-state index is 11.2. The van der Waals surface area contributed by atoms with Crippen molar-refractivity contribution in [2.45, 2.75) is 13.5 Å². The largest absolute Gasteiger partial charge is 0.452 e. The molecule has 0 bridgehead atoms. The van der Waals surface area contributed by atoms with Gasteiger partial charge in [-0.1, -0.05) is 17.2 Å². The van der Waals surface area contributed by atoms with Crippen molar-refractivity contribution in [1.82, 2.24) is 11.1 Å². The van der Waals surface area contributed by atoms with E-state index < -0.39 is 12.0 Å². The summed E-state index contributed by atoms with van der Waals surface area (Å²) >= 11 is 0. The molecule has 0 fully saturated rings. The second-order valence-corrected chi connectivity index (χ2v) is 4.02. The van der Waals surface area contributed by atoms with E-state index in [-0.39, 0.29) is 31.2 Å². The molecule has 1 aromatic carbocycles. The molecule has 8 nitrogen and oxygen atoms in total. The monoisotopic (exact) mass is 291 g/mol. The van der Waals surface area contributed by atoms with E-state index in [1.807, 2.05) is 0 Å². The highest BCUT2D eigenvalue weighted by Gasteiger charge is 2.01. The molecule has 111 valence electrons. The first-order valence-electron chi connectivity index (χ1n) is 6.12. The molecule has 0 aliphatic carbocycles. The van der Waals surface area contributed by atoms with Crippen molar-refractivity contribution in [1.29, 1.82) is 0 Å². The van der Waals surface area contributed by atoms with Gasteiger partial charge in [-0.05, 0) is 17.7 Å². The smallest absolute Gasteiger partial charge is 0.445 e. The minimum Gasteiger partial charge on any atom is -0.445 e. The molecule has 0 saturated carbocycles. The van der Waals surface area contributed by atoms with Gasteiger partial charge in [-0.25, -0.2) is 4.79 Å². The summed E-state index contributed by atoms with van der Waals surface area (Å²) in [7, 11) is 0. The maximum Gasteiger partial charge on any atom is 0.452 e. The molecule has 8 heteroatoms. The number of carbonyl (C=O) groups is 3. The van der Waals surface area contributed by atoms with Gasteiger partial charge in [-0.15, -0.1) is 0 Å². The lowest BCUT2D eigenvalue weighted by molar-refractivity contribution is -0.119. The number of nitrogens with one attached hydrogen (secondary N) is 2. The number of amides is 3. The van der Waals surface area contributed by atoms with Gasteiger partial charge >= 0.3 is 6.09 Å². The first kappa shape index (κ1) is 16.3. The van der Waals surface area contributed by atoms with Crippen molar-refractivity contribution in [3.63, 3.8) is 0 Å². The van der Waals surface area contributed by atoms with Crippen LogP contribution in [0.5, 0.6) is 0 Å². The Morgan fingerprint density at radius 3 is 2.48 bits per heavy atom. The van der Waals surface area contributed by atoms with Crippen LogP contribution in [0.1, 0.15) is 22.8 Å². The van der Waals surface area contributed by atoms with Crippen molar-refractivity contribution < 1.29 is 19.1 Å². The van der Waals surface area contributed by atoms with Crippen LogP contribution in [0.2, 0.25) is 0 Å². The molecule has 0 unspecified atom stereocenters. The summed E-state index contributed by atoms with van der Waals surface area (Å²) in [5.41, 5.74) is 7.95. The van der Waals surface area contributed by atoms with Gasteiger partial charge in [-0.2, -0.15) is 5.11 Å². The van der Waals surface area contributed by atoms with E-state index in [0.717, 1.165) is 5.56 Å². The maximum atomic E-state index is 11.2. The summed E-state index contributed by atoms with van der Waals surface area (Å²) in [6, 6.07) is 6.27. The molecule has 2 N–H and O–H groups in total. The van der Waals surface area contributed by atoms with Crippen LogP contribution in [-0.4, -0.2) is 31.1 Å². The fourth-order valence-corrected chi connectivity index (χ4v) is 1.33. The molecular formula is C13H15N4O4. The quantitative estimate of drug-likeness (QED) is 0.627. The molecule has 0 saturated heterocycles. The zero-order valence-corrected chi connectivity index (χ0v) is 11.5. The Labute approximate surface area is 121 Å². The highest BCUT2D eigenvalue weighted by Crippen LogP contribution is 2.05. The average molecular weight is 291 g/mol. The molecule has 0 aromatic heterocycles. The van der Waals surface area contributed by atoms with Crippen LogP contribution in [0.15, 0.2) is 34.5 Å². The number of azo groups is 1. The van der Waals surface area contributed by atoms with Crippen LogP contribution in [0, 0.1) is 0 Å². The van der Waals surface area contributed by atoms with Gasteiger partial charge < -0.3 is 10.1 Å². The predicted molar refractivity (Wildman–Crippen MR) is 72.5 cm³/mol. The van der Waals surface area contributed by atoms with Crippen molar-refractivity contribution in [3.8, 4) is 0 Å². The Bertz CT molecular complexity index is 540.